The number of hydrogen-bond acceptors (Lipinski definition) is 11. The first-order valence-electron chi connectivity index (χ1n) is 25.0. The number of carbonyl (C=O) groups excluding carboxylic acids is 1. The van der Waals surface area contributed by atoms with Crippen LogP contribution in [-0.2, 0) is 27.9 Å². The number of aliphatic hydroxyl groups excluding tert-OH is 5. The van der Waals surface area contributed by atoms with Gasteiger partial charge in [0.25, 0.3) is 0 Å². The second-order valence-electron chi connectivity index (χ2n) is 17.7. The molecule has 6 N–H and O–H groups in total. The summed E-state index contributed by atoms with van der Waals surface area (Å²) >= 11 is 0. The van der Waals surface area contributed by atoms with Crippen molar-refractivity contribution in [3.8, 4) is 0 Å². The third kappa shape index (κ3) is 31.6. The Labute approximate surface area is 371 Å². The van der Waals surface area contributed by atoms with E-state index in [1.165, 1.54) is 161 Å². The molecule has 0 aromatic carbocycles. The molecule has 0 bridgehead atoms. The molecule has 0 aromatic heterocycles. The Balaban J connectivity index is 2.30. The van der Waals surface area contributed by atoms with Gasteiger partial charge in [-0.15, -0.1) is 0 Å². The first-order chi connectivity index (χ1) is 29.5. The lowest BCUT2D eigenvalue weighted by atomic mass is 9.85. The summed E-state index contributed by atoms with van der Waals surface area (Å²) in [5.41, 5.74) is 0. The van der Waals surface area contributed by atoms with Crippen LogP contribution in [0.3, 0.4) is 0 Å². The monoisotopic (exact) mass is 893 g/mol. The van der Waals surface area contributed by atoms with Gasteiger partial charge in [-0.2, -0.15) is 0 Å². The van der Waals surface area contributed by atoms with Gasteiger partial charge < -0.3 is 39.9 Å². The normalized spacial score (nSPS) is 22.2. The highest BCUT2D eigenvalue weighted by Crippen LogP contribution is 2.47. The summed E-state index contributed by atoms with van der Waals surface area (Å²) < 4.78 is 34.2. The Bertz CT molecular complexity index is 1060. The van der Waals surface area contributed by atoms with E-state index < -0.39 is 63.1 Å². The van der Waals surface area contributed by atoms with E-state index in [1.807, 2.05) is 0 Å². The van der Waals surface area contributed by atoms with Crippen molar-refractivity contribution in [3.63, 3.8) is 0 Å². The summed E-state index contributed by atoms with van der Waals surface area (Å²) in [6.07, 6.45) is 31.4. The summed E-state index contributed by atoms with van der Waals surface area (Å²) in [4.78, 5) is 23.1. The Kier molecular flexibility index (Phi) is 37.6. The van der Waals surface area contributed by atoms with Gasteiger partial charge >= 0.3 is 13.8 Å². The van der Waals surface area contributed by atoms with Crippen LogP contribution in [0.15, 0.2) is 12.2 Å². The third-order valence-electron chi connectivity index (χ3n) is 11.9. The van der Waals surface area contributed by atoms with Gasteiger partial charge in [-0.05, 0) is 38.5 Å². The van der Waals surface area contributed by atoms with E-state index in [-0.39, 0.29) is 13.0 Å². The van der Waals surface area contributed by atoms with Gasteiger partial charge in [-0.3, -0.25) is 13.8 Å². The maximum Gasteiger partial charge on any atom is 0.472 e. The minimum Gasteiger partial charge on any atom is -0.457 e. The van der Waals surface area contributed by atoms with E-state index in [9.17, 15) is 39.8 Å². The predicted octanol–water partition coefficient (Wildman–Crippen LogP) is 10.7. The topological polar surface area (TPSA) is 192 Å². The van der Waals surface area contributed by atoms with Crippen LogP contribution in [0.2, 0.25) is 0 Å². The lowest BCUT2D eigenvalue weighted by Gasteiger charge is -2.41. The number of hydrogen-bond donors (Lipinski definition) is 6. The molecule has 1 aliphatic rings. The number of allylic oxidation sites excluding steroid dienone is 2. The molecule has 0 amide bonds. The van der Waals surface area contributed by atoms with Crippen LogP contribution in [0.5, 0.6) is 0 Å². The van der Waals surface area contributed by atoms with Gasteiger partial charge in [0.1, 0.15) is 42.7 Å². The smallest absolute Gasteiger partial charge is 0.457 e. The van der Waals surface area contributed by atoms with Crippen molar-refractivity contribution in [2.75, 3.05) is 19.8 Å². The fraction of sp³-hybridized carbons (Fsp3) is 0.938. The maximum atomic E-state index is 12.8. The molecule has 0 saturated heterocycles. The molecular weight excluding hydrogens is 799 g/mol. The lowest BCUT2D eigenvalue weighted by Crippen LogP contribution is -2.64. The van der Waals surface area contributed by atoms with Crippen molar-refractivity contribution in [3.05, 3.63) is 12.2 Å². The van der Waals surface area contributed by atoms with Crippen molar-refractivity contribution < 1.29 is 58.3 Å². The zero-order valence-corrected chi connectivity index (χ0v) is 39.6. The largest absolute Gasteiger partial charge is 0.472 e. The Morgan fingerprint density at radius 3 is 1.30 bits per heavy atom. The number of phosphoric acid groups is 1. The van der Waals surface area contributed by atoms with Crippen molar-refractivity contribution in [2.45, 2.75) is 268 Å². The highest BCUT2D eigenvalue weighted by Gasteiger charge is 2.51. The molecule has 0 aliphatic heterocycles. The zero-order valence-electron chi connectivity index (χ0n) is 38.7. The van der Waals surface area contributed by atoms with Crippen LogP contribution < -0.4 is 0 Å². The number of rotatable bonds is 43. The molecule has 12 nitrogen and oxygen atoms in total. The average molecular weight is 893 g/mol. The molecule has 1 fully saturated rings. The van der Waals surface area contributed by atoms with E-state index in [0.29, 0.717) is 13.0 Å². The zero-order chi connectivity index (χ0) is 44.8. The number of esters is 1. The summed E-state index contributed by atoms with van der Waals surface area (Å²) in [5.74, 6) is -0.475. The molecular formula is C48H93O12P. The van der Waals surface area contributed by atoms with Gasteiger partial charge in [0, 0.05) is 13.0 Å². The second-order valence-corrected chi connectivity index (χ2v) is 19.1. The minimum absolute atomic E-state index is 0.0719. The van der Waals surface area contributed by atoms with Gasteiger partial charge in [-0.25, -0.2) is 4.57 Å². The predicted molar refractivity (Wildman–Crippen MR) is 244 cm³/mol. The molecule has 0 heterocycles. The van der Waals surface area contributed by atoms with Crippen LogP contribution >= 0.6 is 7.82 Å². The molecule has 0 radical (unpaired) electrons. The number of unbranched alkanes of at least 4 members (excludes halogenated alkanes) is 29. The first-order valence-corrected chi connectivity index (χ1v) is 26.5. The summed E-state index contributed by atoms with van der Waals surface area (Å²) in [7, 11) is -5.01. The minimum atomic E-state index is -5.01. The van der Waals surface area contributed by atoms with Gasteiger partial charge in [-0.1, -0.05) is 193 Å². The summed E-state index contributed by atoms with van der Waals surface area (Å²) in [6.45, 7) is 4.28. The molecule has 1 aliphatic carbocycles. The van der Waals surface area contributed by atoms with Crippen LogP contribution in [0, 0.1) is 0 Å². The molecule has 0 aromatic rings. The summed E-state index contributed by atoms with van der Waals surface area (Å²) in [6, 6.07) is 0. The third-order valence-corrected chi connectivity index (χ3v) is 12.9. The average Bonchev–Trinajstić information content (AvgIpc) is 3.24. The van der Waals surface area contributed by atoms with Gasteiger partial charge in [0.15, 0.2) is 0 Å². The number of aliphatic hydroxyl groups is 5. The number of phosphoric ester groups is 1. The quantitative estimate of drug-likeness (QED) is 0.0147. The van der Waals surface area contributed by atoms with Crippen LogP contribution in [0.1, 0.15) is 226 Å². The van der Waals surface area contributed by atoms with Crippen molar-refractivity contribution >= 4 is 13.8 Å². The summed E-state index contributed by atoms with van der Waals surface area (Å²) in [5, 5.41) is 50.2. The van der Waals surface area contributed by atoms with Crippen molar-refractivity contribution in [2.24, 2.45) is 0 Å². The highest BCUT2D eigenvalue weighted by atomic mass is 31.2. The van der Waals surface area contributed by atoms with Crippen LogP contribution in [0.4, 0.5) is 0 Å². The molecule has 6 atom stereocenters. The van der Waals surface area contributed by atoms with E-state index >= 15 is 0 Å². The Hall–Kier alpha value is -0.920. The fourth-order valence-corrected chi connectivity index (χ4v) is 8.85. The molecule has 13 heteroatoms. The van der Waals surface area contributed by atoms with Crippen molar-refractivity contribution in [1.82, 2.24) is 0 Å². The molecule has 362 valence electrons. The van der Waals surface area contributed by atoms with E-state index in [0.717, 1.165) is 38.5 Å². The van der Waals surface area contributed by atoms with Crippen LogP contribution in [-0.4, -0.2) is 98.9 Å². The van der Waals surface area contributed by atoms with E-state index in [1.54, 1.807) is 0 Å². The van der Waals surface area contributed by atoms with E-state index in [4.69, 9.17) is 18.5 Å². The van der Waals surface area contributed by atoms with Crippen LogP contribution in [0.25, 0.3) is 0 Å². The fourth-order valence-electron chi connectivity index (χ4n) is 7.88. The van der Waals surface area contributed by atoms with E-state index in [2.05, 4.69) is 26.0 Å². The first kappa shape index (κ1) is 58.1. The van der Waals surface area contributed by atoms with Gasteiger partial charge in [0.2, 0.25) is 0 Å². The molecule has 1 rings (SSSR count). The van der Waals surface area contributed by atoms with Crippen molar-refractivity contribution in [1.29, 1.82) is 0 Å². The molecule has 6 unspecified atom stereocenters. The molecule has 0 spiro atoms. The number of ether oxygens (including phenoxy) is 2. The Morgan fingerprint density at radius 1 is 0.508 bits per heavy atom. The lowest BCUT2D eigenvalue weighted by molar-refractivity contribution is -0.220. The number of carbonyl (C=O) groups is 1. The Morgan fingerprint density at radius 2 is 0.869 bits per heavy atom. The SMILES string of the molecule is CCCCCCCCCC/C=C\CCCCCCCCCCCCOCC(COP(=O)(O)OC1C(O)C(O)C(O)C(O)C1O)OC(=O)CCCCCCCCCCCCCC. The maximum absolute atomic E-state index is 12.8. The standard InChI is InChI=1S/C48H93O12P/c1-3-5-7-9-11-13-15-17-18-19-20-21-22-23-24-25-26-28-30-32-34-36-38-57-39-41(59-42(49)37-35-33-31-29-27-16-14-12-10-8-6-4-2)40-58-61(55,56)60-48-46(53)44(51)43(50)45(52)47(48)54/h19-20,41,43-48,50-54H,3-18,21-40H2,1-2H3,(H,55,56)/b20-19-. The molecule has 61 heavy (non-hydrogen) atoms. The second kappa shape index (κ2) is 39.4. The molecule has 1 saturated carbocycles. The van der Waals surface area contributed by atoms with Gasteiger partial charge in [0.05, 0.1) is 13.2 Å². The highest BCUT2D eigenvalue weighted by molar-refractivity contribution is 7.47.